The Kier molecular flexibility index (Phi) is 4.31. The highest BCUT2D eigenvalue weighted by atomic mass is 35.5. The molecule has 0 aromatic carbocycles. The fourth-order valence-corrected chi connectivity index (χ4v) is 3.48. The molecule has 0 radical (unpaired) electrons. The zero-order valence-corrected chi connectivity index (χ0v) is 13.0. The van der Waals surface area contributed by atoms with Gasteiger partial charge in [0.25, 0.3) is 0 Å². The van der Waals surface area contributed by atoms with Crippen LogP contribution >= 0.6 is 11.6 Å². The summed E-state index contributed by atoms with van der Waals surface area (Å²) in [6, 6.07) is 0.668. The van der Waals surface area contributed by atoms with Gasteiger partial charge in [-0.25, -0.2) is 0 Å². The van der Waals surface area contributed by atoms with Gasteiger partial charge < -0.3 is 10.1 Å². The van der Waals surface area contributed by atoms with Crippen LogP contribution in [0.15, 0.2) is 0 Å². The first-order valence-corrected chi connectivity index (χ1v) is 7.77. The molecular formula is C14H23ClN4O. The number of nitrogens with one attached hydrogen (secondary N) is 1. The zero-order chi connectivity index (χ0) is 14.1. The van der Waals surface area contributed by atoms with Crippen LogP contribution in [0.4, 0.5) is 0 Å². The molecule has 2 saturated heterocycles. The molecule has 6 heteroatoms. The molecule has 1 aromatic rings. The van der Waals surface area contributed by atoms with Crippen molar-refractivity contribution >= 4 is 11.6 Å². The Morgan fingerprint density at radius 3 is 3.10 bits per heavy atom. The topological polar surface area (TPSA) is 42.3 Å². The third-order valence-electron chi connectivity index (χ3n) is 4.41. The van der Waals surface area contributed by atoms with Crippen LogP contribution in [0.2, 0.25) is 5.15 Å². The maximum atomic E-state index is 6.23. The van der Waals surface area contributed by atoms with Crippen molar-refractivity contribution in [1.29, 1.82) is 0 Å². The lowest BCUT2D eigenvalue weighted by molar-refractivity contribution is -0.0470. The molecule has 3 heterocycles. The fourth-order valence-electron chi connectivity index (χ4n) is 3.24. The van der Waals surface area contributed by atoms with E-state index < -0.39 is 0 Å². The Morgan fingerprint density at radius 2 is 2.35 bits per heavy atom. The number of aromatic nitrogens is 2. The van der Waals surface area contributed by atoms with Crippen molar-refractivity contribution in [2.24, 2.45) is 7.05 Å². The van der Waals surface area contributed by atoms with Gasteiger partial charge in [-0.1, -0.05) is 11.6 Å². The van der Waals surface area contributed by atoms with Crippen molar-refractivity contribution in [2.75, 3.05) is 26.2 Å². The minimum atomic E-state index is 0.292. The Labute approximate surface area is 125 Å². The van der Waals surface area contributed by atoms with Gasteiger partial charge in [0, 0.05) is 38.3 Å². The third-order valence-corrected chi connectivity index (χ3v) is 4.88. The van der Waals surface area contributed by atoms with Gasteiger partial charge in [0.1, 0.15) is 5.15 Å². The highest BCUT2D eigenvalue weighted by Gasteiger charge is 2.31. The van der Waals surface area contributed by atoms with Crippen molar-refractivity contribution in [2.45, 2.75) is 38.5 Å². The predicted octanol–water partition coefficient (Wildman–Crippen LogP) is 1.33. The molecule has 2 atom stereocenters. The maximum Gasteiger partial charge on any atom is 0.131 e. The molecule has 0 spiro atoms. The second-order valence-electron chi connectivity index (χ2n) is 5.86. The van der Waals surface area contributed by atoms with Gasteiger partial charge in [-0.05, 0) is 26.3 Å². The second kappa shape index (κ2) is 6.02. The summed E-state index contributed by atoms with van der Waals surface area (Å²) in [4.78, 5) is 2.57. The van der Waals surface area contributed by atoms with Crippen molar-refractivity contribution < 1.29 is 4.74 Å². The highest BCUT2D eigenvalue weighted by molar-refractivity contribution is 6.30. The summed E-state index contributed by atoms with van der Waals surface area (Å²) in [7, 11) is 1.87. The molecule has 112 valence electrons. The highest BCUT2D eigenvalue weighted by Crippen LogP contribution is 2.22. The van der Waals surface area contributed by atoms with Crippen LogP contribution in [0, 0.1) is 6.92 Å². The first-order chi connectivity index (χ1) is 9.65. The number of hydrogen-bond acceptors (Lipinski definition) is 4. The summed E-state index contributed by atoms with van der Waals surface area (Å²) in [5, 5.41) is 8.50. The fraction of sp³-hybridized carbons (Fsp3) is 0.786. The number of hydrogen-bond donors (Lipinski definition) is 1. The minimum absolute atomic E-state index is 0.292. The molecule has 0 aliphatic carbocycles. The predicted molar refractivity (Wildman–Crippen MR) is 79.0 cm³/mol. The second-order valence-corrected chi connectivity index (χ2v) is 6.21. The zero-order valence-electron chi connectivity index (χ0n) is 12.2. The van der Waals surface area contributed by atoms with E-state index in [2.05, 4.69) is 15.3 Å². The molecular weight excluding hydrogens is 276 g/mol. The van der Waals surface area contributed by atoms with Crippen LogP contribution in [0.5, 0.6) is 0 Å². The smallest absolute Gasteiger partial charge is 0.131 e. The molecule has 1 N–H and O–H groups in total. The number of nitrogens with zero attached hydrogens (tertiary/aromatic N) is 3. The molecule has 2 aliphatic heterocycles. The Hall–Kier alpha value is -0.620. The SMILES string of the molecule is Cc1nn(C)c(Cl)c1CNCC1CN2CCCC2CO1. The molecule has 0 bridgehead atoms. The Morgan fingerprint density at radius 1 is 1.50 bits per heavy atom. The van der Waals surface area contributed by atoms with E-state index in [-0.39, 0.29) is 0 Å². The van der Waals surface area contributed by atoms with Crippen LogP contribution in [0.3, 0.4) is 0 Å². The van der Waals surface area contributed by atoms with Gasteiger partial charge in [-0.2, -0.15) is 5.10 Å². The van der Waals surface area contributed by atoms with E-state index in [1.165, 1.54) is 19.4 Å². The Balaban J connectivity index is 1.48. The molecule has 0 saturated carbocycles. The molecule has 2 aliphatic rings. The number of morpholine rings is 1. The van der Waals surface area contributed by atoms with Crippen molar-refractivity contribution in [1.82, 2.24) is 20.0 Å². The first kappa shape index (κ1) is 14.3. The number of fused-ring (bicyclic) bond motifs is 1. The van der Waals surface area contributed by atoms with Gasteiger partial charge in [0.15, 0.2) is 0 Å². The van der Waals surface area contributed by atoms with Gasteiger partial charge in [-0.3, -0.25) is 9.58 Å². The summed E-state index contributed by atoms with van der Waals surface area (Å²) in [6.07, 6.45) is 2.91. The van der Waals surface area contributed by atoms with E-state index in [1.807, 2.05) is 14.0 Å². The van der Waals surface area contributed by atoms with Crippen LogP contribution in [-0.2, 0) is 18.3 Å². The number of rotatable bonds is 4. The first-order valence-electron chi connectivity index (χ1n) is 7.39. The molecule has 0 amide bonds. The average Bonchev–Trinajstić information content (AvgIpc) is 2.98. The summed E-state index contributed by atoms with van der Waals surface area (Å²) in [6.45, 7) is 6.79. The van der Waals surface area contributed by atoms with Gasteiger partial charge >= 0.3 is 0 Å². The molecule has 3 rings (SSSR count). The lowest BCUT2D eigenvalue weighted by atomic mass is 10.2. The molecule has 5 nitrogen and oxygen atoms in total. The number of halogens is 1. The van der Waals surface area contributed by atoms with Crippen molar-refractivity contribution in [3.05, 3.63) is 16.4 Å². The summed E-state index contributed by atoms with van der Waals surface area (Å²) >= 11 is 6.23. The number of ether oxygens (including phenoxy) is 1. The molecule has 20 heavy (non-hydrogen) atoms. The molecule has 1 aromatic heterocycles. The number of aryl methyl sites for hydroxylation is 2. The van der Waals surface area contributed by atoms with E-state index in [4.69, 9.17) is 16.3 Å². The Bertz CT molecular complexity index is 476. The maximum absolute atomic E-state index is 6.23. The van der Waals surface area contributed by atoms with Crippen LogP contribution in [-0.4, -0.2) is 53.1 Å². The van der Waals surface area contributed by atoms with Crippen LogP contribution in [0.1, 0.15) is 24.1 Å². The van der Waals surface area contributed by atoms with Crippen molar-refractivity contribution in [3.8, 4) is 0 Å². The third kappa shape index (κ3) is 2.86. The van der Waals surface area contributed by atoms with Gasteiger partial charge in [0.05, 0.1) is 18.4 Å². The van der Waals surface area contributed by atoms with Crippen LogP contribution in [0.25, 0.3) is 0 Å². The molecule has 2 fully saturated rings. The summed E-state index contributed by atoms with van der Waals surface area (Å²) in [5.41, 5.74) is 2.08. The summed E-state index contributed by atoms with van der Waals surface area (Å²) < 4.78 is 7.66. The van der Waals surface area contributed by atoms with E-state index in [1.54, 1.807) is 4.68 Å². The standard InChI is InChI=1S/C14H23ClN4O/c1-10-13(14(15)18(2)17-10)7-16-6-12-8-19-5-3-4-11(19)9-20-12/h11-12,16H,3-9H2,1-2H3. The van der Waals surface area contributed by atoms with E-state index >= 15 is 0 Å². The monoisotopic (exact) mass is 298 g/mol. The van der Waals surface area contributed by atoms with Crippen molar-refractivity contribution in [3.63, 3.8) is 0 Å². The van der Waals surface area contributed by atoms with Gasteiger partial charge in [0.2, 0.25) is 0 Å². The van der Waals surface area contributed by atoms with E-state index in [0.717, 1.165) is 42.7 Å². The van der Waals surface area contributed by atoms with Gasteiger partial charge in [-0.15, -0.1) is 0 Å². The largest absolute Gasteiger partial charge is 0.374 e. The quantitative estimate of drug-likeness (QED) is 0.911. The lowest BCUT2D eigenvalue weighted by Gasteiger charge is -2.35. The minimum Gasteiger partial charge on any atom is -0.374 e. The lowest BCUT2D eigenvalue weighted by Crippen LogP contribution is -2.49. The normalized spacial score (nSPS) is 26.9. The van der Waals surface area contributed by atoms with E-state index in [0.29, 0.717) is 12.1 Å². The average molecular weight is 299 g/mol. The van der Waals surface area contributed by atoms with E-state index in [9.17, 15) is 0 Å². The van der Waals surface area contributed by atoms with Crippen LogP contribution < -0.4 is 5.32 Å². The summed E-state index contributed by atoms with van der Waals surface area (Å²) in [5.74, 6) is 0. The molecule has 2 unspecified atom stereocenters.